The summed E-state index contributed by atoms with van der Waals surface area (Å²) in [6, 6.07) is 12.3. The summed E-state index contributed by atoms with van der Waals surface area (Å²) in [4.78, 5) is 8.31. The molecule has 0 bridgehead atoms. The number of hydrogen-bond donors (Lipinski definition) is 0. The third-order valence-electron chi connectivity index (χ3n) is 4.76. The number of benzene rings is 1. The van der Waals surface area contributed by atoms with Gasteiger partial charge in [0, 0.05) is 32.0 Å². The van der Waals surface area contributed by atoms with Gasteiger partial charge in [0.25, 0.3) is 0 Å². The highest BCUT2D eigenvalue weighted by atomic mass is 79.9. The van der Waals surface area contributed by atoms with E-state index in [1.807, 2.05) is 31.2 Å². The predicted molar refractivity (Wildman–Crippen MR) is 122 cm³/mol. The van der Waals surface area contributed by atoms with Gasteiger partial charge in [-0.05, 0) is 41.0 Å². The maximum atomic E-state index is 13.5. The first-order chi connectivity index (χ1) is 14.5. The number of hydrogen-bond acceptors (Lipinski definition) is 3. The topological polar surface area (TPSA) is 39.9 Å². The Morgan fingerprint density at radius 2 is 1.68 bits per heavy atom. The van der Waals surface area contributed by atoms with Crippen LogP contribution in [0.5, 0.6) is 0 Å². The Morgan fingerprint density at radius 3 is 2.23 bits per heavy atom. The molecule has 2 heterocycles. The minimum Gasteiger partial charge on any atom is -0.361 e. The van der Waals surface area contributed by atoms with E-state index in [4.69, 9.17) is 4.74 Å². The number of aryl methyl sites for hydroxylation is 1. The summed E-state index contributed by atoms with van der Waals surface area (Å²) in [5, 5.41) is 0. The third-order valence-corrected chi connectivity index (χ3v) is 7.27. The monoisotopic (exact) mass is 511 g/mol. The van der Waals surface area contributed by atoms with Crippen molar-refractivity contribution >= 4 is 24.0 Å². The van der Waals surface area contributed by atoms with Crippen molar-refractivity contribution in [3.63, 3.8) is 0 Å². The minimum absolute atomic E-state index is 0.0246. The smallest absolute Gasteiger partial charge is 0.361 e. The van der Waals surface area contributed by atoms with Crippen molar-refractivity contribution in [2.75, 3.05) is 6.61 Å². The van der Waals surface area contributed by atoms with Crippen LogP contribution in [0.15, 0.2) is 47.2 Å². The highest BCUT2D eigenvalue weighted by molar-refractivity contribution is 9.10. The summed E-state index contributed by atoms with van der Waals surface area (Å²) in [5.74, 6) is 0.162. The van der Waals surface area contributed by atoms with Crippen molar-refractivity contribution in [2.24, 2.45) is 0 Å². The van der Waals surface area contributed by atoms with E-state index in [2.05, 4.69) is 45.5 Å². The number of ether oxygens (including phenoxy) is 1. The second-order valence-electron chi connectivity index (χ2n) is 8.65. The molecule has 0 radical (unpaired) electrons. The molecular formula is C22H25BrF3N3OSi. The van der Waals surface area contributed by atoms with Crippen molar-refractivity contribution in [1.82, 2.24) is 14.5 Å². The van der Waals surface area contributed by atoms with Gasteiger partial charge in [-0.3, -0.25) is 9.55 Å². The first kappa shape index (κ1) is 23.7. The summed E-state index contributed by atoms with van der Waals surface area (Å²) in [6.45, 7) is 9.13. The first-order valence-electron chi connectivity index (χ1n) is 9.90. The van der Waals surface area contributed by atoms with Gasteiger partial charge < -0.3 is 4.74 Å². The van der Waals surface area contributed by atoms with Gasteiger partial charge >= 0.3 is 6.18 Å². The largest absolute Gasteiger partial charge is 0.436 e. The molecule has 0 spiro atoms. The summed E-state index contributed by atoms with van der Waals surface area (Å²) in [6.07, 6.45) is -3.03. The number of nitrogens with zero attached hydrogens (tertiary/aromatic N) is 3. The summed E-state index contributed by atoms with van der Waals surface area (Å²) < 4.78 is 47.4. The van der Waals surface area contributed by atoms with E-state index < -0.39 is 19.9 Å². The summed E-state index contributed by atoms with van der Waals surface area (Å²) in [5.41, 5.74) is 2.33. The van der Waals surface area contributed by atoms with Crippen molar-refractivity contribution in [2.45, 2.75) is 45.5 Å². The van der Waals surface area contributed by atoms with Gasteiger partial charge in [0.15, 0.2) is 5.69 Å². The molecule has 0 saturated carbocycles. The van der Waals surface area contributed by atoms with E-state index in [1.165, 1.54) is 4.57 Å². The molecule has 3 rings (SSSR count). The van der Waals surface area contributed by atoms with E-state index in [1.54, 1.807) is 18.3 Å². The van der Waals surface area contributed by atoms with Crippen LogP contribution in [0.25, 0.3) is 22.6 Å². The van der Waals surface area contributed by atoms with Crippen molar-refractivity contribution in [3.05, 3.63) is 58.5 Å². The van der Waals surface area contributed by atoms with Gasteiger partial charge in [0.1, 0.15) is 17.2 Å². The van der Waals surface area contributed by atoms with Gasteiger partial charge in [-0.1, -0.05) is 49.5 Å². The Kier molecular flexibility index (Phi) is 7.07. The molecule has 9 heteroatoms. The maximum absolute atomic E-state index is 13.5. The van der Waals surface area contributed by atoms with Crippen LogP contribution in [-0.4, -0.2) is 29.2 Å². The van der Waals surface area contributed by atoms with Crippen LogP contribution in [0, 0.1) is 6.92 Å². The maximum Gasteiger partial charge on any atom is 0.436 e. The Labute approximate surface area is 189 Å². The highest BCUT2D eigenvalue weighted by Crippen LogP contribution is 2.37. The zero-order chi connectivity index (χ0) is 22.8. The number of alkyl halides is 3. The number of pyridine rings is 1. The SMILES string of the molecule is Cc1ccc(-c2ccc(-c3nc(C(F)(F)F)c(Br)n3COCC[Si](C)(C)C)cn2)cc1. The van der Waals surface area contributed by atoms with Gasteiger partial charge in [0.2, 0.25) is 0 Å². The molecular weight excluding hydrogens is 487 g/mol. The lowest BCUT2D eigenvalue weighted by Crippen LogP contribution is -2.22. The molecule has 166 valence electrons. The number of imidazole rings is 1. The van der Waals surface area contributed by atoms with Gasteiger partial charge in [0.05, 0.1) is 5.69 Å². The second-order valence-corrected chi connectivity index (χ2v) is 15.0. The molecule has 2 aromatic heterocycles. The fourth-order valence-electron chi connectivity index (χ4n) is 2.91. The number of halogens is 4. The van der Waals surface area contributed by atoms with Crippen molar-refractivity contribution in [1.29, 1.82) is 0 Å². The van der Waals surface area contributed by atoms with Crippen LogP contribution in [0.4, 0.5) is 13.2 Å². The van der Waals surface area contributed by atoms with Crippen LogP contribution in [0.2, 0.25) is 25.7 Å². The molecule has 0 N–H and O–H groups in total. The Hall–Kier alpha value is -1.97. The second kappa shape index (κ2) is 9.26. The Bertz CT molecular complexity index is 1030. The lowest BCUT2D eigenvalue weighted by molar-refractivity contribution is -0.141. The molecule has 0 saturated heterocycles. The number of rotatable bonds is 7. The molecule has 0 fully saturated rings. The quantitative estimate of drug-likeness (QED) is 0.253. The zero-order valence-electron chi connectivity index (χ0n) is 17.9. The average Bonchev–Trinajstić information content (AvgIpc) is 3.02. The highest BCUT2D eigenvalue weighted by Gasteiger charge is 2.38. The molecule has 3 aromatic rings. The summed E-state index contributed by atoms with van der Waals surface area (Å²) in [7, 11) is -1.31. The molecule has 4 nitrogen and oxygen atoms in total. The van der Waals surface area contributed by atoms with Crippen molar-refractivity contribution in [3.8, 4) is 22.6 Å². The van der Waals surface area contributed by atoms with E-state index in [0.29, 0.717) is 12.2 Å². The van der Waals surface area contributed by atoms with E-state index >= 15 is 0 Å². The molecule has 0 amide bonds. The molecule has 31 heavy (non-hydrogen) atoms. The van der Waals surface area contributed by atoms with Crippen LogP contribution in [0.1, 0.15) is 11.3 Å². The predicted octanol–water partition coefficient (Wildman–Crippen LogP) is 7.01. The van der Waals surface area contributed by atoms with Crippen molar-refractivity contribution < 1.29 is 17.9 Å². The van der Waals surface area contributed by atoms with Crippen LogP contribution < -0.4 is 0 Å². The van der Waals surface area contributed by atoms with Crippen LogP contribution in [-0.2, 0) is 17.6 Å². The average molecular weight is 512 g/mol. The molecule has 0 unspecified atom stereocenters. The molecule has 0 aliphatic rings. The normalized spacial score (nSPS) is 12.4. The molecule has 0 aliphatic carbocycles. The standard InChI is InChI=1S/C22H25BrF3N3OSi/c1-15-5-7-16(8-6-15)18-10-9-17(13-27-18)21-28-19(22(24,25)26)20(23)29(21)14-30-11-12-31(2,3)4/h5-10,13H,11-12,14H2,1-4H3. The molecule has 0 atom stereocenters. The minimum atomic E-state index is -4.58. The first-order valence-corrected chi connectivity index (χ1v) is 14.4. The fraction of sp³-hybridized carbons (Fsp3) is 0.364. The lowest BCUT2D eigenvalue weighted by Gasteiger charge is -2.16. The van der Waals surface area contributed by atoms with Crippen LogP contribution in [0.3, 0.4) is 0 Å². The van der Waals surface area contributed by atoms with Gasteiger partial charge in [-0.2, -0.15) is 13.2 Å². The van der Waals surface area contributed by atoms with Gasteiger partial charge in [-0.15, -0.1) is 0 Å². The van der Waals surface area contributed by atoms with Gasteiger partial charge in [-0.25, -0.2) is 4.98 Å². The van der Waals surface area contributed by atoms with E-state index in [9.17, 15) is 13.2 Å². The van der Waals surface area contributed by atoms with E-state index in [-0.39, 0.29) is 17.2 Å². The Morgan fingerprint density at radius 1 is 1.03 bits per heavy atom. The van der Waals surface area contributed by atoms with E-state index in [0.717, 1.165) is 22.9 Å². The summed E-state index contributed by atoms with van der Waals surface area (Å²) >= 11 is 3.07. The zero-order valence-corrected chi connectivity index (χ0v) is 20.5. The third kappa shape index (κ3) is 6.05. The molecule has 1 aromatic carbocycles. The van der Waals surface area contributed by atoms with Crippen LogP contribution >= 0.6 is 15.9 Å². The lowest BCUT2D eigenvalue weighted by atomic mass is 10.1. The fourth-order valence-corrected chi connectivity index (χ4v) is 4.25. The Balaban J connectivity index is 1.90. The number of aromatic nitrogens is 3. The molecule has 0 aliphatic heterocycles.